The van der Waals surface area contributed by atoms with Gasteiger partial charge in [-0.2, -0.15) is 0 Å². The van der Waals surface area contributed by atoms with Crippen LogP contribution in [0.25, 0.3) is 11.6 Å². The predicted molar refractivity (Wildman–Crippen MR) is 109 cm³/mol. The van der Waals surface area contributed by atoms with Crippen molar-refractivity contribution in [3.8, 4) is 6.19 Å². The van der Waals surface area contributed by atoms with Gasteiger partial charge >= 0.3 is 183 Å². The average molecular weight is 503 g/mol. The van der Waals surface area contributed by atoms with Crippen molar-refractivity contribution in [3.05, 3.63) is 69.8 Å². The number of likely N-dealkylation sites (N-methyl/N-ethyl adjacent to an activating group) is 1. The normalized spacial score (nSPS) is 17.7. The van der Waals surface area contributed by atoms with Crippen molar-refractivity contribution >= 4 is 11.6 Å². The number of quaternary nitrogens is 1. The van der Waals surface area contributed by atoms with Gasteiger partial charge in [0, 0.05) is 0 Å². The molecule has 2 aliphatic carbocycles. The quantitative estimate of drug-likeness (QED) is 0.210. The van der Waals surface area contributed by atoms with Gasteiger partial charge in [0.05, 0.1) is 0 Å². The third-order valence-electron chi connectivity index (χ3n) is 5.48. The van der Waals surface area contributed by atoms with Crippen LogP contribution in [0, 0.1) is 17.3 Å². The summed E-state index contributed by atoms with van der Waals surface area (Å²) < 4.78 is 15.9. The topological polar surface area (TPSA) is 31.5 Å². The Morgan fingerprint density at radius 1 is 1.24 bits per heavy atom. The number of benzene rings is 2. The van der Waals surface area contributed by atoms with E-state index in [-0.39, 0.29) is 33.3 Å². The first-order valence-corrected chi connectivity index (χ1v) is 12.5. The van der Waals surface area contributed by atoms with Crippen molar-refractivity contribution in [2.24, 2.45) is 0 Å². The molecular formula is C24H27FIN3. The first-order chi connectivity index (χ1) is 14.0. The van der Waals surface area contributed by atoms with Gasteiger partial charge < -0.3 is 0 Å². The Kier molecular flexibility index (Phi) is 6.33. The molecule has 0 amide bonds. The summed E-state index contributed by atoms with van der Waals surface area (Å²) >= 11 is -0.177. The zero-order chi connectivity index (χ0) is 20.4. The van der Waals surface area contributed by atoms with E-state index in [0.29, 0.717) is 0 Å². The molecule has 152 valence electrons. The molecule has 29 heavy (non-hydrogen) atoms. The van der Waals surface area contributed by atoms with E-state index in [1.807, 2.05) is 6.07 Å². The zero-order valence-electron chi connectivity index (χ0n) is 17.0. The fourth-order valence-corrected chi connectivity index (χ4v) is 7.00. The summed E-state index contributed by atoms with van der Waals surface area (Å²) in [4.78, 5) is 2.20. The molecule has 4 rings (SSSR count). The van der Waals surface area contributed by atoms with Crippen LogP contribution in [0.3, 0.4) is 0 Å². The van der Waals surface area contributed by atoms with Crippen molar-refractivity contribution < 1.29 is 29.0 Å². The van der Waals surface area contributed by atoms with Gasteiger partial charge in [0.1, 0.15) is 0 Å². The van der Waals surface area contributed by atoms with Gasteiger partial charge in [0.15, 0.2) is 0 Å². The third kappa shape index (κ3) is 5.06. The summed E-state index contributed by atoms with van der Waals surface area (Å²) in [6, 6.07) is 13.8. The Morgan fingerprint density at radius 2 is 2.03 bits per heavy atom. The van der Waals surface area contributed by atoms with Crippen LogP contribution in [0.2, 0.25) is 0 Å². The molecule has 2 aliphatic rings. The monoisotopic (exact) mass is 503 g/mol. The van der Waals surface area contributed by atoms with Crippen molar-refractivity contribution in [1.29, 1.82) is 5.26 Å². The number of alkyl halides is 1. The number of hydrogen-bond donors (Lipinski definition) is 1. The van der Waals surface area contributed by atoms with E-state index in [9.17, 15) is 9.65 Å². The summed E-state index contributed by atoms with van der Waals surface area (Å²) in [5, 5.41) is 12.3. The molecule has 1 unspecified atom stereocenters. The molecule has 3 nitrogen and oxygen atoms in total. The van der Waals surface area contributed by atoms with Crippen molar-refractivity contribution in [3.63, 3.8) is 0 Å². The molecule has 2 atom stereocenters. The SMILES string of the molecule is CN(C)C[C@@H](CC1=c2ccccc2=Cc2ccc(F)cc2C1)[NH+](C#N)[I-]C1CC1. The fraction of sp³-hybridized carbons (Fsp3) is 0.375. The molecule has 0 heterocycles. The summed E-state index contributed by atoms with van der Waals surface area (Å²) in [7, 11) is 4.17. The van der Waals surface area contributed by atoms with Gasteiger partial charge in [-0.05, 0) is 0 Å². The van der Waals surface area contributed by atoms with E-state index in [2.05, 4.69) is 55.5 Å². The molecule has 0 aliphatic heterocycles. The van der Waals surface area contributed by atoms with Crippen LogP contribution in [0.15, 0.2) is 42.5 Å². The first kappa shape index (κ1) is 20.5. The van der Waals surface area contributed by atoms with Gasteiger partial charge in [-0.1, -0.05) is 0 Å². The van der Waals surface area contributed by atoms with Crippen molar-refractivity contribution in [2.75, 3.05) is 20.6 Å². The molecule has 0 radical (unpaired) electrons. The molecule has 0 aromatic heterocycles. The molecule has 2 aromatic carbocycles. The molecule has 5 heteroatoms. The van der Waals surface area contributed by atoms with E-state index in [1.54, 1.807) is 12.1 Å². The average Bonchev–Trinajstić information content (AvgIpc) is 3.52. The Balaban J connectivity index is 1.74. The third-order valence-corrected chi connectivity index (χ3v) is 9.40. The molecule has 2 aromatic rings. The minimum absolute atomic E-state index is 0.177. The van der Waals surface area contributed by atoms with Crippen LogP contribution in [0.1, 0.15) is 30.4 Å². The minimum atomic E-state index is -0.184. The second kappa shape index (κ2) is 8.95. The van der Waals surface area contributed by atoms with Crippen molar-refractivity contribution in [1.82, 2.24) is 4.90 Å². The summed E-state index contributed by atoms with van der Waals surface area (Å²) in [6.07, 6.45) is 8.97. The Morgan fingerprint density at radius 3 is 2.76 bits per heavy atom. The zero-order valence-corrected chi connectivity index (χ0v) is 19.1. The molecule has 0 saturated heterocycles. The molecule has 1 saturated carbocycles. The fourth-order valence-electron chi connectivity index (χ4n) is 4.00. The van der Waals surface area contributed by atoms with Gasteiger partial charge in [-0.3, -0.25) is 0 Å². The van der Waals surface area contributed by atoms with Crippen LogP contribution in [-0.2, 0) is 6.42 Å². The summed E-state index contributed by atoms with van der Waals surface area (Å²) in [5.74, 6) is -0.184. The van der Waals surface area contributed by atoms with Gasteiger partial charge in [-0.25, -0.2) is 0 Å². The molecular weight excluding hydrogens is 476 g/mol. The van der Waals surface area contributed by atoms with E-state index in [4.69, 9.17) is 0 Å². The molecule has 0 bridgehead atoms. The maximum atomic E-state index is 14.0. The number of fused-ring (bicyclic) bond motifs is 2. The van der Waals surface area contributed by atoms with E-state index in [0.717, 1.165) is 37.6 Å². The predicted octanol–water partition coefficient (Wildman–Crippen LogP) is -1.79. The van der Waals surface area contributed by atoms with E-state index < -0.39 is 0 Å². The Hall–Kier alpha value is -1.75. The Labute approximate surface area is 182 Å². The number of nitriles is 1. The number of halogens is 2. The maximum absolute atomic E-state index is 14.0. The summed E-state index contributed by atoms with van der Waals surface area (Å²) in [6.45, 7) is 0.890. The number of nitrogens with zero attached hydrogens (tertiary/aromatic N) is 2. The van der Waals surface area contributed by atoms with Crippen LogP contribution < -0.4 is 35.0 Å². The molecule has 0 spiro atoms. The molecule has 1 fully saturated rings. The van der Waals surface area contributed by atoms with Crippen LogP contribution in [0.4, 0.5) is 4.39 Å². The van der Waals surface area contributed by atoms with Crippen LogP contribution >= 0.6 is 0 Å². The van der Waals surface area contributed by atoms with Crippen LogP contribution in [-0.4, -0.2) is 35.5 Å². The van der Waals surface area contributed by atoms with E-state index >= 15 is 0 Å². The van der Waals surface area contributed by atoms with Crippen molar-refractivity contribution in [2.45, 2.75) is 35.6 Å². The Bertz CT molecular complexity index is 1050. The standard InChI is InChI=1S/C24H27FIN3/c1-28(2)15-23(29(16-27)26-22-9-10-22)14-20-12-19-13-21(25)8-7-17(19)11-18-5-3-4-6-24(18)20/h3-8,11,13,22-23,29H,9-10,12,14-15H2,1-2H3/t23-/m1/s1. The summed E-state index contributed by atoms with van der Waals surface area (Å²) in [5.41, 5.74) is 3.45. The second-order valence-corrected chi connectivity index (χ2v) is 11.8. The number of hydrogen-bond acceptors (Lipinski definition) is 2. The van der Waals surface area contributed by atoms with Gasteiger partial charge in [0.25, 0.3) is 0 Å². The first-order valence-electron chi connectivity index (χ1n) is 10.2. The van der Waals surface area contributed by atoms with Gasteiger partial charge in [0.2, 0.25) is 0 Å². The van der Waals surface area contributed by atoms with Crippen LogP contribution in [0.5, 0.6) is 0 Å². The van der Waals surface area contributed by atoms with Gasteiger partial charge in [-0.15, -0.1) is 0 Å². The number of nitrogens with one attached hydrogen (secondary N) is 1. The second-order valence-electron chi connectivity index (χ2n) is 8.26. The van der Waals surface area contributed by atoms with E-state index in [1.165, 1.54) is 28.9 Å². The number of rotatable bonds is 7. The molecule has 1 N–H and O–H groups in total.